The molecule has 0 radical (unpaired) electrons. The van der Waals surface area contributed by atoms with Crippen LogP contribution < -0.4 is 4.43 Å². The quantitative estimate of drug-likeness (QED) is 0.472. The molecule has 0 bridgehead atoms. The number of halogens is 1. The van der Waals surface area contributed by atoms with Crippen molar-refractivity contribution in [1.29, 1.82) is 0 Å². The van der Waals surface area contributed by atoms with Gasteiger partial charge in [-0.2, -0.15) is 0 Å². The minimum Gasteiger partial charge on any atom is -0.540 e. The molecule has 0 aliphatic carbocycles. The van der Waals surface area contributed by atoms with Gasteiger partial charge in [0.25, 0.3) is 0 Å². The van der Waals surface area contributed by atoms with Crippen LogP contribution in [0.25, 0.3) is 0 Å². The molecule has 16 heavy (non-hydrogen) atoms. The van der Waals surface area contributed by atoms with Crippen molar-refractivity contribution >= 4 is 25.6 Å². The molecule has 0 amide bonds. The SMILES string of the molecule is Cc1c(Cl)ccc(O[Si](C)(C)C)c1[N+](=O)[O-]. The fourth-order valence-electron chi connectivity index (χ4n) is 1.29. The van der Waals surface area contributed by atoms with E-state index >= 15 is 0 Å². The molecular weight excluding hydrogens is 246 g/mol. The molecule has 0 aliphatic rings. The molecule has 0 unspecified atom stereocenters. The number of nitro benzene ring substituents is 1. The zero-order valence-corrected chi connectivity index (χ0v) is 11.5. The highest BCUT2D eigenvalue weighted by molar-refractivity contribution is 6.70. The summed E-state index contributed by atoms with van der Waals surface area (Å²) < 4.78 is 5.67. The molecule has 1 rings (SSSR count). The van der Waals surface area contributed by atoms with Gasteiger partial charge in [0.05, 0.1) is 9.95 Å². The summed E-state index contributed by atoms with van der Waals surface area (Å²) in [5.41, 5.74) is 0.414. The molecule has 0 spiro atoms. The Kier molecular flexibility index (Phi) is 3.60. The highest BCUT2D eigenvalue weighted by Gasteiger charge is 2.25. The Morgan fingerprint density at radius 1 is 1.38 bits per heavy atom. The van der Waals surface area contributed by atoms with E-state index in [0.717, 1.165) is 0 Å². The van der Waals surface area contributed by atoms with E-state index in [2.05, 4.69) is 0 Å². The standard InChI is InChI=1S/C10H14ClNO3Si/c1-7-8(11)5-6-9(10(7)12(13)14)15-16(2,3)4/h5-6H,1-4H3. The Labute approximate surface area is 100 Å². The second-order valence-electron chi connectivity index (χ2n) is 4.49. The lowest BCUT2D eigenvalue weighted by Gasteiger charge is -2.19. The Balaban J connectivity index is 3.29. The van der Waals surface area contributed by atoms with Crippen molar-refractivity contribution < 1.29 is 9.35 Å². The number of rotatable bonds is 3. The Morgan fingerprint density at radius 3 is 2.38 bits per heavy atom. The minimum atomic E-state index is -1.86. The number of nitro groups is 1. The molecule has 0 saturated heterocycles. The van der Waals surface area contributed by atoms with Gasteiger partial charge in [-0.05, 0) is 38.7 Å². The van der Waals surface area contributed by atoms with Crippen molar-refractivity contribution in [3.8, 4) is 5.75 Å². The summed E-state index contributed by atoms with van der Waals surface area (Å²) in [5.74, 6) is 0.311. The first-order chi connectivity index (χ1) is 7.22. The molecule has 0 saturated carbocycles. The van der Waals surface area contributed by atoms with Crippen molar-refractivity contribution in [2.45, 2.75) is 26.6 Å². The van der Waals surface area contributed by atoms with Crippen LogP contribution in [0, 0.1) is 17.0 Å². The van der Waals surface area contributed by atoms with Crippen LogP contribution in [0.4, 0.5) is 5.69 Å². The summed E-state index contributed by atoms with van der Waals surface area (Å²) in [6, 6.07) is 3.19. The van der Waals surface area contributed by atoms with E-state index in [9.17, 15) is 10.1 Å². The van der Waals surface area contributed by atoms with Crippen LogP contribution in [0.5, 0.6) is 5.75 Å². The molecule has 88 valence electrons. The van der Waals surface area contributed by atoms with Gasteiger partial charge in [0.1, 0.15) is 0 Å². The number of benzene rings is 1. The predicted molar refractivity (Wildman–Crippen MR) is 66.8 cm³/mol. The number of hydrogen-bond donors (Lipinski definition) is 0. The van der Waals surface area contributed by atoms with Gasteiger partial charge in [0, 0.05) is 5.56 Å². The van der Waals surface area contributed by atoms with Crippen molar-refractivity contribution in [3.63, 3.8) is 0 Å². The van der Waals surface area contributed by atoms with Gasteiger partial charge in [0.15, 0.2) is 5.75 Å². The highest BCUT2D eigenvalue weighted by Crippen LogP contribution is 2.36. The van der Waals surface area contributed by atoms with E-state index in [1.165, 1.54) is 0 Å². The van der Waals surface area contributed by atoms with Crippen molar-refractivity contribution in [2.24, 2.45) is 0 Å². The zero-order chi connectivity index (χ0) is 12.5. The smallest absolute Gasteiger partial charge is 0.313 e. The monoisotopic (exact) mass is 259 g/mol. The van der Waals surface area contributed by atoms with Crippen LogP contribution in [0.2, 0.25) is 24.7 Å². The van der Waals surface area contributed by atoms with Gasteiger partial charge in [-0.1, -0.05) is 11.6 Å². The third kappa shape index (κ3) is 2.96. The second kappa shape index (κ2) is 4.43. The van der Waals surface area contributed by atoms with Gasteiger partial charge in [-0.15, -0.1) is 0 Å². The van der Waals surface area contributed by atoms with Crippen LogP contribution in [-0.2, 0) is 0 Å². The molecule has 6 heteroatoms. The zero-order valence-electron chi connectivity index (χ0n) is 9.70. The van der Waals surface area contributed by atoms with E-state index in [-0.39, 0.29) is 5.69 Å². The fraction of sp³-hybridized carbons (Fsp3) is 0.400. The van der Waals surface area contributed by atoms with Crippen LogP contribution in [0.15, 0.2) is 12.1 Å². The maximum atomic E-state index is 11.0. The lowest BCUT2D eigenvalue weighted by Crippen LogP contribution is -2.29. The maximum absolute atomic E-state index is 11.0. The lowest BCUT2D eigenvalue weighted by molar-refractivity contribution is -0.386. The first kappa shape index (κ1) is 13.0. The van der Waals surface area contributed by atoms with Crippen LogP contribution in [0.3, 0.4) is 0 Å². The molecule has 4 nitrogen and oxygen atoms in total. The molecule has 1 aromatic carbocycles. The molecule has 0 aliphatic heterocycles. The first-order valence-electron chi connectivity index (χ1n) is 4.85. The first-order valence-corrected chi connectivity index (χ1v) is 8.63. The van der Waals surface area contributed by atoms with Crippen LogP contribution in [0.1, 0.15) is 5.56 Å². The topological polar surface area (TPSA) is 52.4 Å². The van der Waals surface area contributed by atoms with Crippen molar-refractivity contribution in [1.82, 2.24) is 0 Å². The third-order valence-electron chi connectivity index (χ3n) is 1.93. The van der Waals surface area contributed by atoms with E-state index < -0.39 is 13.2 Å². The van der Waals surface area contributed by atoms with Gasteiger partial charge < -0.3 is 4.43 Å². The molecule has 0 N–H and O–H groups in total. The van der Waals surface area contributed by atoms with Gasteiger partial charge in [-0.25, -0.2) is 0 Å². The molecule has 1 aromatic rings. The van der Waals surface area contributed by atoms with E-state index in [1.54, 1.807) is 19.1 Å². The summed E-state index contributed by atoms with van der Waals surface area (Å²) in [7, 11) is -1.86. The molecule has 0 aromatic heterocycles. The van der Waals surface area contributed by atoms with Crippen molar-refractivity contribution in [3.05, 3.63) is 32.8 Å². The van der Waals surface area contributed by atoms with E-state index in [1.807, 2.05) is 19.6 Å². The van der Waals surface area contributed by atoms with E-state index in [0.29, 0.717) is 16.3 Å². The minimum absolute atomic E-state index is 0.0325. The summed E-state index contributed by atoms with van der Waals surface area (Å²) in [6.07, 6.45) is 0. The normalized spacial score (nSPS) is 11.3. The van der Waals surface area contributed by atoms with Gasteiger partial charge in [-0.3, -0.25) is 10.1 Å². The van der Waals surface area contributed by atoms with Crippen molar-refractivity contribution in [2.75, 3.05) is 0 Å². The molecule has 0 fully saturated rings. The summed E-state index contributed by atoms with van der Waals surface area (Å²) >= 11 is 5.85. The van der Waals surface area contributed by atoms with Gasteiger partial charge in [0.2, 0.25) is 8.32 Å². The molecule has 0 atom stereocenters. The van der Waals surface area contributed by atoms with Gasteiger partial charge >= 0.3 is 5.69 Å². The lowest BCUT2D eigenvalue weighted by atomic mass is 10.2. The Morgan fingerprint density at radius 2 is 1.94 bits per heavy atom. The molecular formula is C10H14ClNO3Si. The third-order valence-corrected chi connectivity index (χ3v) is 3.17. The predicted octanol–water partition coefficient (Wildman–Crippen LogP) is 3.77. The summed E-state index contributed by atoms with van der Waals surface area (Å²) in [4.78, 5) is 10.5. The fourth-order valence-corrected chi connectivity index (χ4v) is 2.27. The molecule has 0 heterocycles. The maximum Gasteiger partial charge on any atom is 0.313 e. The highest BCUT2D eigenvalue weighted by atomic mass is 35.5. The van der Waals surface area contributed by atoms with Crippen LogP contribution in [-0.4, -0.2) is 13.2 Å². The second-order valence-corrected chi connectivity index (χ2v) is 9.33. The Bertz CT molecular complexity index is 429. The summed E-state index contributed by atoms with van der Waals surface area (Å²) in [5, 5.41) is 11.3. The van der Waals surface area contributed by atoms with Crippen LogP contribution >= 0.6 is 11.6 Å². The average Bonchev–Trinajstić information content (AvgIpc) is 2.08. The average molecular weight is 260 g/mol. The largest absolute Gasteiger partial charge is 0.540 e. The Hall–Kier alpha value is -1.07. The number of nitrogens with zero attached hydrogens (tertiary/aromatic N) is 1. The van der Waals surface area contributed by atoms with E-state index in [4.69, 9.17) is 16.0 Å². The number of hydrogen-bond acceptors (Lipinski definition) is 3. The summed E-state index contributed by atoms with van der Waals surface area (Å²) in [6.45, 7) is 7.54.